The lowest BCUT2D eigenvalue weighted by atomic mass is 10.0. The van der Waals surface area contributed by atoms with Gasteiger partial charge in [0.1, 0.15) is 11.9 Å². The molecule has 1 aliphatic rings. The Morgan fingerprint density at radius 2 is 1.77 bits per heavy atom. The smallest absolute Gasteiger partial charge is 0.265 e. The SMILES string of the molecule is CC(Oc1ccc(N2C(CC(=O)NO)c3ccccc3S2(=O)=O)cc1)c1ccnc2ccccc12. The molecule has 2 heterocycles. The maximum atomic E-state index is 13.3. The van der Waals surface area contributed by atoms with Gasteiger partial charge in [-0.1, -0.05) is 36.4 Å². The van der Waals surface area contributed by atoms with Crippen molar-refractivity contribution in [2.75, 3.05) is 4.31 Å². The summed E-state index contributed by atoms with van der Waals surface area (Å²) in [6.07, 6.45) is 1.26. The van der Waals surface area contributed by atoms with E-state index < -0.39 is 22.0 Å². The van der Waals surface area contributed by atoms with Crippen molar-refractivity contribution < 1.29 is 23.2 Å². The zero-order valence-corrected chi connectivity index (χ0v) is 19.6. The summed E-state index contributed by atoms with van der Waals surface area (Å²) in [5.74, 6) is -0.105. The molecular formula is C26H23N3O5S. The van der Waals surface area contributed by atoms with E-state index in [0.717, 1.165) is 16.5 Å². The minimum Gasteiger partial charge on any atom is -0.486 e. The standard InChI is InChI=1S/C26H23N3O5S/c1-17(20-14-15-27-23-8-4-2-6-21(20)23)34-19-12-10-18(11-13-19)29-24(16-26(30)28-31)22-7-3-5-9-25(22)35(29,32)33/h2-15,17,24,31H,16H2,1H3,(H,28,30). The second-order valence-corrected chi connectivity index (χ2v) is 10.0. The molecule has 3 aromatic carbocycles. The number of anilines is 1. The van der Waals surface area contributed by atoms with Crippen molar-refractivity contribution in [1.82, 2.24) is 10.5 Å². The van der Waals surface area contributed by atoms with Crippen molar-refractivity contribution in [3.8, 4) is 5.75 Å². The molecule has 4 aromatic rings. The minimum atomic E-state index is -3.88. The molecule has 2 unspecified atom stereocenters. The number of rotatable bonds is 6. The zero-order valence-electron chi connectivity index (χ0n) is 18.8. The molecular weight excluding hydrogens is 466 g/mol. The molecule has 0 saturated carbocycles. The van der Waals surface area contributed by atoms with Crippen LogP contribution in [0.1, 0.15) is 36.6 Å². The molecule has 2 atom stereocenters. The normalized spacial score (nSPS) is 17.1. The number of nitrogens with zero attached hydrogens (tertiary/aromatic N) is 2. The van der Waals surface area contributed by atoms with Crippen molar-refractivity contribution >= 4 is 32.5 Å². The number of fused-ring (bicyclic) bond motifs is 2. The van der Waals surface area contributed by atoms with Crippen LogP contribution in [0.2, 0.25) is 0 Å². The number of sulfonamides is 1. The highest BCUT2D eigenvalue weighted by Gasteiger charge is 2.43. The quantitative estimate of drug-likeness (QED) is 0.305. The third kappa shape index (κ3) is 4.09. The van der Waals surface area contributed by atoms with Crippen molar-refractivity contribution in [3.05, 3.63) is 96.2 Å². The van der Waals surface area contributed by atoms with Crippen molar-refractivity contribution in [3.63, 3.8) is 0 Å². The Bertz CT molecular complexity index is 1500. The van der Waals surface area contributed by atoms with Gasteiger partial charge in [0, 0.05) is 17.1 Å². The molecule has 8 nitrogen and oxygen atoms in total. The number of benzene rings is 3. The number of para-hydroxylation sites is 1. The molecule has 0 radical (unpaired) electrons. The Balaban J connectivity index is 1.44. The van der Waals surface area contributed by atoms with Gasteiger partial charge in [-0.05, 0) is 55.0 Å². The van der Waals surface area contributed by atoms with Crippen LogP contribution in [0.15, 0.2) is 90.0 Å². The average molecular weight is 490 g/mol. The van der Waals surface area contributed by atoms with Crippen LogP contribution in [0.5, 0.6) is 5.75 Å². The van der Waals surface area contributed by atoms with Gasteiger partial charge in [0.15, 0.2) is 0 Å². The number of amides is 1. The van der Waals surface area contributed by atoms with Crippen LogP contribution >= 0.6 is 0 Å². The van der Waals surface area contributed by atoms with E-state index in [0.29, 0.717) is 17.0 Å². The van der Waals surface area contributed by atoms with Gasteiger partial charge in [-0.25, -0.2) is 13.9 Å². The minimum absolute atomic E-state index is 0.147. The van der Waals surface area contributed by atoms with Gasteiger partial charge in [0.2, 0.25) is 5.91 Å². The van der Waals surface area contributed by atoms with E-state index in [1.807, 2.05) is 37.3 Å². The number of nitrogens with one attached hydrogen (secondary N) is 1. The highest BCUT2D eigenvalue weighted by molar-refractivity contribution is 7.93. The number of hydroxylamine groups is 1. The van der Waals surface area contributed by atoms with E-state index in [1.54, 1.807) is 54.1 Å². The fourth-order valence-electron chi connectivity index (χ4n) is 4.54. The van der Waals surface area contributed by atoms with Crippen LogP contribution in [0, 0.1) is 0 Å². The Kier molecular flexibility index (Phi) is 5.88. The Morgan fingerprint density at radius 3 is 2.54 bits per heavy atom. The van der Waals surface area contributed by atoms with Gasteiger partial charge in [-0.2, -0.15) is 0 Å². The zero-order chi connectivity index (χ0) is 24.6. The number of carbonyl (C=O) groups excluding carboxylic acids is 1. The molecule has 0 saturated heterocycles. The van der Waals surface area contributed by atoms with Gasteiger partial charge in [0.05, 0.1) is 28.6 Å². The fraction of sp³-hybridized carbons (Fsp3) is 0.154. The average Bonchev–Trinajstić information content (AvgIpc) is 3.10. The summed E-state index contributed by atoms with van der Waals surface area (Å²) in [5.41, 5.74) is 4.37. The van der Waals surface area contributed by atoms with E-state index in [2.05, 4.69) is 4.98 Å². The predicted molar refractivity (Wildman–Crippen MR) is 131 cm³/mol. The van der Waals surface area contributed by atoms with Crippen LogP contribution in [0.3, 0.4) is 0 Å². The summed E-state index contributed by atoms with van der Waals surface area (Å²) in [7, 11) is -3.88. The monoisotopic (exact) mass is 489 g/mol. The summed E-state index contributed by atoms with van der Waals surface area (Å²) in [4.78, 5) is 16.5. The van der Waals surface area contributed by atoms with Crippen LogP contribution < -0.4 is 14.5 Å². The fourth-order valence-corrected chi connectivity index (χ4v) is 6.42. The van der Waals surface area contributed by atoms with E-state index >= 15 is 0 Å². The molecule has 0 fully saturated rings. The summed E-state index contributed by atoms with van der Waals surface area (Å²) >= 11 is 0. The lowest BCUT2D eigenvalue weighted by Crippen LogP contribution is -2.32. The van der Waals surface area contributed by atoms with E-state index in [-0.39, 0.29) is 17.4 Å². The molecule has 1 amide bonds. The Hall–Kier alpha value is -3.95. The molecule has 9 heteroatoms. The molecule has 0 bridgehead atoms. The van der Waals surface area contributed by atoms with Gasteiger partial charge in [-0.15, -0.1) is 0 Å². The first-order valence-corrected chi connectivity index (χ1v) is 12.5. The highest BCUT2D eigenvalue weighted by atomic mass is 32.2. The molecule has 35 heavy (non-hydrogen) atoms. The van der Waals surface area contributed by atoms with E-state index in [4.69, 9.17) is 9.94 Å². The number of hydrogen-bond donors (Lipinski definition) is 2. The molecule has 0 aliphatic carbocycles. The number of aromatic nitrogens is 1. The third-order valence-electron chi connectivity index (χ3n) is 6.13. The topological polar surface area (TPSA) is 109 Å². The van der Waals surface area contributed by atoms with Gasteiger partial charge < -0.3 is 4.74 Å². The highest BCUT2D eigenvalue weighted by Crippen LogP contribution is 2.44. The molecule has 178 valence electrons. The molecule has 5 rings (SSSR count). The van der Waals surface area contributed by atoms with E-state index in [9.17, 15) is 13.2 Å². The second-order valence-electron chi connectivity index (χ2n) is 8.26. The van der Waals surface area contributed by atoms with Gasteiger partial charge >= 0.3 is 0 Å². The number of hydrogen-bond acceptors (Lipinski definition) is 6. The van der Waals surface area contributed by atoms with Crippen LogP contribution in [0.4, 0.5) is 5.69 Å². The maximum Gasteiger partial charge on any atom is 0.265 e. The van der Waals surface area contributed by atoms with Crippen molar-refractivity contribution in [1.29, 1.82) is 0 Å². The lowest BCUT2D eigenvalue weighted by Gasteiger charge is -2.25. The van der Waals surface area contributed by atoms with E-state index in [1.165, 1.54) is 10.4 Å². The van der Waals surface area contributed by atoms with Gasteiger partial charge in [0.25, 0.3) is 10.0 Å². The van der Waals surface area contributed by atoms with Gasteiger partial charge in [-0.3, -0.25) is 19.3 Å². The summed E-state index contributed by atoms with van der Waals surface area (Å²) in [6.45, 7) is 1.95. The Labute approximate surface area is 202 Å². The van der Waals surface area contributed by atoms with Crippen LogP contribution in [-0.4, -0.2) is 24.5 Å². The van der Waals surface area contributed by atoms with Crippen molar-refractivity contribution in [2.24, 2.45) is 0 Å². The third-order valence-corrected chi connectivity index (χ3v) is 8.04. The molecule has 1 aliphatic heterocycles. The summed E-state index contributed by atoms with van der Waals surface area (Å²) < 4.78 is 34.0. The molecule has 2 N–H and O–H groups in total. The maximum absolute atomic E-state index is 13.3. The number of pyridine rings is 1. The Morgan fingerprint density at radius 1 is 1.06 bits per heavy atom. The first kappa shape index (κ1) is 22.8. The first-order chi connectivity index (χ1) is 16.9. The second kappa shape index (κ2) is 9.01. The molecule has 1 aromatic heterocycles. The summed E-state index contributed by atoms with van der Waals surface area (Å²) in [6, 6.07) is 22.3. The lowest BCUT2D eigenvalue weighted by molar-refractivity contribution is -0.129. The summed E-state index contributed by atoms with van der Waals surface area (Å²) in [5, 5.41) is 10.0. The predicted octanol–water partition coefficient (Wildman–Crippen LogP) is 4.52. The van der Waals surface area contributed by atoms with Crippen LogP contribution in [0.25, 0.3) is 10.9 Å². The molecule has 0 spiro atoms. The number of carbonyl (C=O) groups is 1. The van der Waals surface area contributed by atoms with Crippen molar-refractivity contribution in [2.45, 2.75) is 30.4 Å². The first-order valence-electron chi connectivity index (χ1n) is 11.1. The van der Waals surface area contributed by atoms with Crippen LogP contribution in [-0.2, 0) is 14.8 Å². The largest absolute Gasteiger partial charge is 0.486 e. The number of ether oxygens (including phenoxy) is 1.